The molecule has 0 saturated heterocycles. The maximum absolute atomic E-state index is 15.0. The van der Waals surface area contributed by atoms with E-state index < -0.39 is 11.6 Å². The fourth-order valence-corrected chi connectivity index (χ4v) is 5.21. The molecule has 0 amide bonds. The molecule has 4 aromatic rings. The van der Waals surface area contributed by atoms with Gasteiger partial charge >= 0.3 is 0 Å². The molecule has 2 aromatic heterocycles. The van der Waals surface area contributed by atoms with Gasteiger partial charge in [0, 0.05) is 29.3 Å². The summed E-state index contributed by atoms with van der Waals surface area (Å²) >= 11 is 0. The Morgan fingerprint density at radius 1 is 1.18 bits per heavy atom. The zero-order valence-corrected chi connectivity index (χ0v) is 21.8. The maximum atomic E-state index is 15.0. The van der Waals surface area contributed by atoms with Crippen LogP contribution in [0.25, 0.3) is 10.9 Å². The molecule has 0 bridgehead atoms. The first-order valence-corrected chi connectivity index (χ1v) is 13.1. The number of rotatable bonds is 9. The third-order valence-corrected chi connectivity index (χ3v) is 7.10. The van der Waals surface area contributed by atoms with Gasteiger partial charge in [0.1, 0.15) is 35.5 Å². The Balaban J connectivity index is 1.35. The summed E-state index contributed by atoms with van der Waals surface area (Å²) in [7, 11) is 1.60. The number of hydrogen-bond donors (Lipinski definition) is 3. The number of nitrogens with zero attached hydrogens (tertiary/aromatic N) is 4. The van der Waals surface area contributed by atoms with Crippen LogP contribution in [0.5, 0.6) is 11.5 Å². The van der Waals surface area contributed by atoms with E-state index in [1.54, 1.807) is 24.2 Å². The van der Waals surface area contributed by atoms with Crippen molar-refractivity contribution in [3.8, 4) is 11.5 Å². The minimum atomic E-state index is -0.751. The van der Waals surface area contributed by atoms with E-state index in [2.05, 4.69) is 15.6 Å². The molecule has 9 nitrogen and oxygen atoms in total. The normalized spacial score (nSPS) is 16.5. The minimum absolute atomic E-state index is 0.00292. The van der Waals surface area contributed by atoms with Crippen molar-refractivity contribution in [2.75, 3.05) is 25.6 Å². The number of aliphatic hydroxyl groups excluding tert-OH is 1. The number of fused-ring (bicyclic) bond motifs is 2. The van der Waals surface area contributed by atoms with Crippen LogP contribution in [0.3, 0.4) is 0 Å². The lowest BCUT2D eigenvalue weighted by molar-refractivity contribution is 0.200. The van der Waals surface area contributed by atoms with E-state index in [9.17, 15) is 8.78 Å². The number of ether oxygens (including phenoxy) is 2. The molecule has 206 valence electrons. The maximum Gasteiger partial charge on any atom is 0.160 e. The predicted octanol–water partition coefficient (Wildman–Crippen LogP) is 4.36. The Labute approximate surface area is 229 Å². The summed E-state index contributed by atoms with van der Waals surface area (Å²) in [4.78, 5) is 9.13. The molecule has 1 fully saturated rings. The zero-order chi connectivity index (χ0) is 27.6. The molecule has 3 heterocycles. The van der Waals surface area contributed by atoms with Gasteiger partial charge in [-0.25, -0.2) is 8.78 Å². The molecule has 1 saturated carbocycles. The third-order valence-electron chi connectivity index (χ3n) is 7.10. The standard InChI is InChI=1S/C29H28F2N6O3/c1-39-26-15-32-10-9-24(26)34-28-18-6-4-7-23(18)33-29(35-28)27-19-5-2-3-8-25(19)37(36-27)16-20-21(30)13-17(14-22(20)31)40-12-11-38/h2-3,5,8-10,13-15,23,38H,4,6-7,11-12,16H2,1H3,(H,32,34)(H,33,35). The number of anilines is 1. The highest BCUT2D eigenvalue weighted by molar-refractivity contribution is 6.09. The van der Waals surface area contributed by atoms with Crippen LogP contribution in [-0.4, -0.2) is 52.1 Å². The fourth-order valence-electron chi connectivity index (χ4n) is 5.21. The van der Waals surface area contributed by atoms with Gasteiger partial charge in [0.15, 0.2) is 11.6 Å². The van der Waals surface area contributed by atoms with E-state index in [4.69, 9.17) is 24.7 Å². The molecule has 1 aliphatic heterocycles. The molecule has 1 aliphatic carbocycles. The Morgan fingerprint density at radius 2 is 2.00 bits per heavy atom. The smallest absolute Gasteiger partial charge is 0.160 e. The molecule has 3 N–H and O–H groups in total. The average molecular weight is 547 g/mol. The highest BCUT2D eigenvalue weighted by Gasteiger charge is 2.31. The number of benzene rings is 2. The van der Waals surface area contributed by atoms with Crippen molar-refractivity contribution in [3.63, 3.8) is 0 Å². The molecule has 1 atom stereocenters. The molecular formula is C29H28F2N6O3. The van der Waals surface area contributed by atoms with Gasteiger partial charge in [0.05, 0.1) is 43.7 Å². The SMILES string of the molecule is COc1cnccc1NC1=C2CCCC2N=C(c2nn(Cc3c(F)cc(OCCO)cc3F)c3ccccc23)N1. The van der Waals surface area contributed by atoms with Crippen LogP contribution in [0.15, 0.2) is 71.2 Å². The van der Waals surface area contributed by atoms with Crippen LogP contribution in [-0.2, 0) is 6.54 Å². The van der Waals surface area contributed by atoms with E-state index in [-0.39, 0.29) is 37.1 Å². The van der Waals surface area contributed by atoms with Gasteiger partial charge < -0.3 is 25.2 Å². The van der Waals surface area contributed by atoms with Crippen molar-refractivity contribution >= 4 is 22.4 Å². The summed E-state index contributed by atoms with van der Waals surface area (Å²) in [6.45, 7) is -0.437. The second-order valence-corrected chi connectivity index (χ2v) is 9.57. The van der Waals surface area contributed by atoms with Crippen molar-refractivity contribution in [3.05, 3.63) is 89.1 Å². The molecule has 11 heteroatoms. The number of nitrogens with one attached hydrogen (secondary N) is 2. The number of halogens is 2. The minimum Gasteiger partial charge on any atom is -0.493 e. The monoisotopic (exact) mass is 546 g/mol. The summed E-state index contributed by atoms with van der Waals surface area (Å²) in [6.07, 6.45) is 6.19. The summed E-state index contributed by atoms with van der Waals surface area (Å²) in [5, 5.41) is 21.4. The first-order valence-electron chi connectivity index (χ1n) is 13.1. The molecule has 6 rings (SSSR count). The summed E-state index contributed by atoms with van der Waals surface area (Å²) in [5.41, 5.74) is 3.12. The zero-order valence-electron chi connectivity index (χ0n) is 21.8. The Morgan fingerprint density at radius 3 is 2.80 bits per heavy atom. The lowest BCUT2D eigenvalue weighted by Crippen LogP contribution is -2.36. The topological polar surface area (TPSA) is 106 Å². The van der Waals surface area contributed by atoms with Crippen LogP contribution in [0.4, 0.5) is 14.5 Å². The number of methoxy groups -OCH3 is 1. The van der Waals surface area contributed by atoms with Crippen LogP contribution in [0.1, 0.15) is 30.5 Å². The quantitative estimate of drug-likeness (QED) is 0.286. The molecule has 2 aliphatic rings. The van der Waals surface area contributed by atoms with E-state index in [0.29, 0.717) is 22.8 Å². The van der Waals surface area contributed by atoms with Crippen molar-refractivity contribution in [1.29, 1.82) is 0 Å². The van der Waals surface area contributed by atoms with Gasteiger partial charge in [-0.2, -0.15) is 5.10 Å². The predicted molar refractivity (Wildman–Crippen MR) is 147 cm³/mol. The van der Waals surface area contributed by atoms with Crippen molar-refractivity contribution in [2.24, 2.45) is 4.99 Å². The Bertz CT molecular complexity index is 1610. The number of aliphatic hydroxyl groups is 1. The van der Waals surface area contributed by atoms with Gasteiger partial charge in [-0.15, -0.1) is 0 Å². The Kier molecular flexibility index (Phi) is 7.04. The van der Waals surface area contributed by atoms with Gasteiger partial charge in [-0.1, -0.05) is 18.2 Å². The van der Waals surface area contributed by atoms with E-state index in [0.717, 1.165) is 48.3 Å². The molecule has 0 radical (unpaired) electrons. The number of hydrogen-bond acceptors (Lipinski definition) is 8. The molecular weight excluding hydrogens is 518 g/mol. The van der Waals surface area contributed by atoms with Crippen LogP contribution in [0, 0.1) is 11.6 Å². The third kappa shape index (κ3) is 4.84. The lowest BCUT2D eigenvalue weighted by atomic mass is 10.1. The van der Waals surface area contributed by atoms with Gasteiger partial charge in [0.2, 0.25) is 0 Å². The van der Waals surface area contributed by atoms with Crippen molar-refractivity contribution < 1.29 is 23.4 Å². The number of aliphatic imine (C=N–C) groups is 1. The Hall–Kier alpha value is -4.51. The summed E-state index contributed by atoms with van der Waals surface area (Å²) in [5.74, 6) is 0.533. The van der Waals surface area contributed by atoms with Crippen LogP contribution < -0.4 is 20.1 Å². The second kappa shape index (κ2) is 10.9. The van der Waals surface area contributed by atoms with Crippen LogP contribution >= 0.6 is 0 Å². The van der Waals surface area contributed by atoms with Crippen LogP contribution in [0.2, 0.25) is 0 Å². The highest BCUT2D eigenvalue weighted by atomic mass is 19.1. The molecule has 40 heavy (non-hydrogen) atoms. The number of pyridine rings is 1. The van der Waals surface area contributed by atoms with E-state index in [1.165, 1.54) is 5.57 Å². The molecule has 2 aromatic carbocycles. The summed E-state index contributed by atoms with van der Waals surface area (Å²) in [6, 6.07) is 11.6. The first-order chi connectivity index (χ1) is 19.6. The van der Waals surface area contributed by atoms with E-state index >= 15 is 0 Å². The molecule has 0 spiro atoms. The van der Waals surface area contributed by atoms with Gasteiger partial charge in [-0.05, 0) is 37.0 Å². The largest absolute Gasteiger partial charge is 0.493 e. The summed E-state index contributed by atoms with van der Waals surface area (Å²) < 4.78 is 42.2. The lowest BCUT2D eigenvalue weighted by Gasteiger charge is -2.25. The van der Waals surface area contributed by atoms with Crippen molar-refractivity contribution in [2.45, 2.75) is 31.8 Å². The second-order valence-electron chi connectivity index (χ2n) is 9.57. The highest BCUT2D eigenvalue weighted by Crippen LogP contribution is 2.35. The number of aromatic nitrogens is 3. The molecule has 1 unspecified atom stereocenters. The van der Waals surface area contributed by atoms with E-state index in [1.807, 2.05) is 30.3 Å². The number of para-hydroxylation sites is 1. The fraction of sp³-hybridized carbons (Fsp3) is 0.276. The average Bonchev–Trinajstić information content (AvgIpc) is 3.59. The number of amidine groups is 1. The van der Waals surface area contributed by atoms with Gasteiger partial charge in [0.25, 0.3) is 0 Å². The first kappa shape index (κ1) is 25.8. The van der Waals surface area contributed by atoms with Gasteiger partial charge in [-0.3, -0.25) is 14.7 Å². The van der Waals surface area contributed by atoms with Crippen molar-refractivity contribution in [1.82, 2.24) is 20.1 Å².